The van der Waals surface area contributed by atoms with Gasteiger partial charge in [0.1, 0.15) is 10.9 Å². The number of pyridine rings is 1. The van der Waals surface area contributed by atoms with Crippen LogP contribution in [0.2, 0.25) is 0 Å². The highest BCUT2D eigenvalue weighted by Crippen LogP contribution is 2.25. The van der Waals surface area contributed by atoms with E-state index in [1.807, 2.05) is 49.4 Å². The minimum absolute atomic E-state index is 0.124. The monoisotopic (exact) mass is 336 g/mol. The van der Waals surface area contributed by atoms with Gasteiger partial charge in [0.05, 0.1) is 12.2 Å². The lowest BCUT2D eigenvalue weighted by Gasteiger charge is -2.06. The van der Waals surface area contributed by atoms with Crippen LogP contribution in [0.25, 0.3) is 0 Å². The quantitative estimate of drug-likeness (QED) is 0.774. The number of benzene rings is 1. The topological polar surface area (TPSA) is 67.8 Å². The number of carbonyl (C=O) groups excluding carboxylic acids is 1. The molecule has 2 aromatic heterocycles. The van der Waals surface area contributed by atoms with E-state index in [1.165, 1.54) is 0 Å². The van der Waals surface area contributed by atoms with Crippen LogP contribution in [0.15, 0.2) is 70.8 Å². The fourth-order valence-electron chi connectivity index (χ4n) is 2.08. The molecule has 2 heterocycles. The molecule has 6 heteroatoms. The van der Waals surface area contributed by atoms with Crippen LogP contribution in [-0.4, -0.2) is 20.9 Å². The van der Waals surface area contributed by atoms with Crippen LogP contribution in [0.3, 0.4) is 0 Å². The predicted octanol–water partition coefficient (Wildman–Crippen LogP) is 3.26. The average molecular weight is 336 g/mol. The van der Waals surface area contributed by atoms with E-state index in [1.54, 1.807) is 30.2 Å². The first-order chi connectivity index (χ1) is 11.7. The highest BCUT2D eigenvalue weighted by Gasteiger charge is 2.06. The minimum atomic E-state index is -0.124. The van der Waals surface area contributed by atoms with Gasteiger partial charge in [-0.05, 0) is 49.4 Å². The van der Waals surface area contributed by atoms with Crippen molar-refractivity contribution in [1.29, 1.82) is 0 Å². The van der Waals surface area contributed by atoms with Crippen molar-refractivity contribution in [2.45, 2.75) is 23.4 Å². The summed E-state index contributed by atoms with van der Waals surface area (Å²) in [6.07, 6.45) is 3.45. The van der Waals surface area contributed by atoms with E-state index in [0.717, 1.165) is 15.6 Å². The standard InChI is InChI=1S/C18H16N4OS/c1-13-19-11-9-15(22-13)12-21-18(23)14-5-7-16(8-6-14)24-17-4-2-3-10-20-17/h2-11H,12H2,1H3,(H,21,23). The first-order valence-corrected chi connectivity index (χ1v) is 8.28. The second-order valence-electron chi connectivity index (χ2n) is 5.07. The Kier molecular flexibility index (Phi) is 5.18. The van der Waals surface area contributed by atoms with E-state index >= 15 is 0 Å². The number of carbonyl (C=O) groups is 1. The second kappa shape index (κ2) is 7.70. The summed E-state index contributed by atoms with van der Waals surface area (Å²) in [5, 5.41) is 3.79. The molecule has 1 aromatic carbocycles. The predicted molar refractivity (Wildman–Crippen MR) is 92.7 cm³/mol. The zero-order valence-corrected chi connectivity index (χ0v) is 14.0. The molecule has 0 bridgehead atoms. The van der Waals surface area contributed by atoms with Crippen molar-refractivity contribution in [3.05, 3.63) is 78.0 Å². The van der Waals surface area contributed by atoms with Gasteiger partial charge < -0.3 is 5.32 Å². The molecule has 0 spiro atoms. The molecule has 0 saturated carbocycles. The molecular formula is C18H16N4OS. The van der Waals surface area contributed by atoms with Crippen LogP contribution in [0.1, 0.15) is 21.9 Å². The second-order valence-corrected chi connectivity index (χ2v) is 6.17. The smallest absolute Gasteiger partial charge is 0.251 e. The van der Waals surface area contributed by atoms with Gasteiger partial charge >= 0.3 is 0 Å². The normalized spacial score (nSPS) is 10.4. The molecule has 0 atom stereocenters. The number of hydrogen-bond donors (Lipinski definition) is 1. The Morgan fingerprint density at radius 2 is 1.88 bits per heavy atom. The maximum absolute atomic E-state index is 12.2. The van der Waals surface area contributed by atoms with E-state index in [9.17, 15) is 4.79 Å². The zero-order chi connectivity index (χ0) is 16.8. The number of aromatic nitrogens is 3. The summed E-state index contributed by atoms with van der Waals surface area (Å²) in [7, 11) is 0. The first kappa shape index (κ1) is 16.1. The summed E-state index contributed by atoms with van der Waals surface area (Å²) in [6.45, 7) is 2.20. The average Bonchev–Trinajstić information content (AvgIpc) is 2.61. The number of amides is 1. The summed E-state index contributed by atoms with van der Waals surface area (Å²) in [5.41, 5.74) is 1.41. The lowest BCUT2D eigenvalue weighted by Crippen LogP contribution is -2.23. The molecule has 0 fully saturated rings. The Bertz CT molecular complexity index is 822. The Morgan fingerprint density at radius 3 is 2.58 bits per heavy atom. The molecule has 0 aliphatic heterocycles. The minimum Gasteiger partial charge on any atom is -0.346 e. The Balaban J connectivity index is 1.59. The molecule has 120 valence electrons. The first-order valence-electron chi connectivity index (χ1n) is 7.46. The van der Waals surface area contributed by atoms with Crippen LogP contribution in [0.4, 0.5) is 0 Å². The number of nitrogens with zero attached hydrogens (tertiary/aromatic N) is 3. The summed E-state index contributed by atoms with van der Waals surface area (Å²) in [6, 6.07) is 15.0. The van der Waals surface area contributed by atoms with Crippen LogP contribution >= 0.6 is 11.8 Å². The molecule has 1 amide bonds. The van der Waals surface area contributed by atoms with Gasteiger partial charge in [-0.2, -0.15) is 0 Å². The van der Waals surface area contributed by atoms with Gasteiger partial charge in [-0.1, -0.05) is 17.8 Å². The van der Waals surface area contributed by atoms with E-state index in [2.05, 4.69) is 20.3 Å². The summed E-state index contributed by atoms with van der Waals surface area (Å²) in [5.74, 6) is 0.568. The van der Waals surface area contributed by atoms with Gasteiger partial charge in [0.15, 0.2) is 0 Å². The number of nitrogens with one attached hydrogen (secondary N) is 1. The van der Waals surface area contributed by atoms with E-state index < -0.39 is 0 Å². The van der Waals surface area contributed by atoms with Gasteiger partial charge in [-0.3, -0.25) is 4.79 Å². The number of rotatable bonds is 5. The summed E-state index contributed by atoms with van der Waals surface area (Å²) < 4.78 is 0. The molecule has 0 radical (unpaired) electrons. The van der Waals surface area contributed by atoms with Gasteiger partial charge in [-0.25, -0.2) is 15.0 Å². The third-order valence-corrected chi connectivity index (χ3v) is 4.20. The van der Waals surface area contributed by atoms with Gasteiger partial charge in [0.2, 0.25) is 0 Å². The summed E-state index contributed by atoms with van der Waals surface area (Å²) >= 11 is 1.56. The van der Waals surface area contributed by atoms with Gasteiger partial charge in [0, 0.05) is 22.9 Å². The van der Waals surface area contributed by atoms with Crippen LogP contribution in [-0.2, 0) is 6.54 Å². The maximum Gasteiger partial charge on any atom is 0.251 e. The molecule has 3 rings (SSSR count). The highest BCUT2D eigenvalue weighted by molar-refractivity contribution is 7.99. The van der Waals surface area contributed by atoms with E-state index in [4.69, 9.17) is 0 Å². The lowest BCUT2D eigenvalue weighted by atomic mass is 10.2. The molecule has 3 aromatic rings. The Hall–Kier alpha value is -2.73. The van der Waals surface area contributed by atoms with Crippen LogP contribution < -0.4 is 5.32 Å². The highest BCUT2D eigenvalue weighted by atomic mass is 32.2. The van der Waals surface area contributed by atoms with Crippen LogP contribution in [0, 0.1) is 6.92 Å². The van der Waals surface area contributed by atoms with Crippen molar-refractivity contribution >= 4 is 17.7 Å². The molecular weight excluding hydrogens is 320 g/mol. The molecule has 5 nitrogen and oxygen atoms in total. The van der Waals surface area contributed by atoms with Gasteiger partial charge in [-0.15, -0.1) is 0 Å². The molecule has 0 aliphatic carbocycles. The third kappa shape index (κ3) is 4.39. The maximum atomic E-state index is 12.2. The van der Waals surface area contributed by atoms with Crippen molar-refractivity contribution in [1.82, 2.24) is 20.3 Å². The van der Waals surface area contributed by atoms with Crippen molar-refractivity contribution in [2.24, 2.45) is 0 Å². The molecule has 0 aliphatic rings. The van der Waals surface area contributed by atoms with Crippen molar-refractivity contribution in [3.63, 3.8) is 0 Å². The third-order valence-electron chi connectivity index (χ3n) is 3.24. The summed E-state index contributed by atoms with van der Waals surface area (Å²) in [4.78, 5) is 25.8. The molecule has 24 heavy (non-hydrogen) atoms. The largest absolute Gasteiger partial charge is 0.346 e. The molecule has 0 saturated heterocycles. The van der Waals surface area contributed by atoms with E-state index in [-0.39, 0.29) is 5.91 Å². The van der Waals surface area contributed by atoms with Crippen molar-refractivity contribution in [2.75, 3.05) is 0 Å². The van der Waals surface area contributed by atoms with Crippen LogP contribution in [0.5, 0.6) is 0 Å². The SMILES string of the molecule is Cc1nccc(CNC(=O)c2ccc(Sc3ccccn3)cc2)n1. The zero-order valence-electron chi connectivity index (χ0n) is 13.1. The van der Waals surface area contributed by atoms with Crippen molar-refractivity contribution < 1.29 is 4.79 Å². The fraction of sp³-hybridized carbons (Fsp3) is 0.111. The Labute approximate surface area is 144 Å². The van der Waals surface area contributed by atoms with Gasteiger partial charge in [0.25, 0.3) is 5.91 Å². The molecule has 1 N–H and O–H groups in total. The number of hydrogen-bond acceptors (Lipinski definition) is 5. The Morgan fingerprint density at radius 1 is 1.04 bits per heavy atom. The van der Waals surface area contributed by atoms with Crippen molar-refractivity contribution in [3.8, 4) is 0 Å². The van der Waals surface area contributed by atoms with E-state index in [0.29, 0.717) is 17.9 Å². The lowest BCUT2D eigenvalue weighted by molar-refractivity contribution is 0.0950. The number of aryl methyl sites for hydroxylation is 1. The molecule has 0 unspecified atom stereocenters. The fourth-order valence-corrected chi connectivity index (χ4v) is 2.85.